The summed E-state index contributed by atoms with van der Waals surface area (Å²) >= 11 is 0. The highest BCUT2D eigenvalue weighted by molar-refractivity contribution is 6.00. The van der Waals surface area contributed by atoms with Gasteiger partial charge in [0, 0.05) is 25.6 Å². The number of benzene rings is 1. The van der Waals surface area contributed by atoms with Crippen molar-refractivity contribution in [3.63, 3.8) is 0 Å². The van der Waals surface area contributed by atoms with Crippen LogP contribution >= 0.6 is 0 Å². The number of ether oxygens (including phenoxy) is 2. The van der Waals surface area contributed by atoms with Gasteiger partial charge in [0.05, 0.1) is 25.4 Å². The molecule has 0 aliphatic carbocycles. The lowest BCUT2D eigenvalue weighted by molar-refractivity contribution is 0.0291. The third-order valence-electron chi connectivity index (χ3n) is 3.88. The molecule has 0 aromatic heterocycles. The second-order valence-corrected chi connectivity index (χ2v) is 5.25. The van der Waals surface area contributed by atoms with E-state index in [9.17, 15) is 9.18 Å². The number of morpholine rings is 1. The van der Waals surface area contributed by atoms with Crippen LogP contribution < -0.4 is 4.74 Å². The van der Waals surface area contributed by atoms with E-state index in [0.29, 0.717) is 44.1 Å². The first-order valence-corrected chi connectivity index (χ1v) is 7.01. The summed E-state index contributed by atoms with van der Waals surface area (Å²) in [6.07, 6.45) is 0.673. The van der Waals surface area contributed by atoms with Gasteiger partial charge in [0.25, 0.3) is 0 Å². The summed E-state index contributed by atoms with van der Waals surface area (Å²) in [6, 6.07) is 4.16. The van der Waals surface area contributed by atoms with Crippen molar-refractivity contribution in [2.24, 2.45) is 5.92 Å². The molecule has 2 aliphatic heterocycles. The van der Waals surface area contributed by atoms with Crippen molar-refractivity contribution < 1.29 is 18.7 Å². The van der Waals surface area contributed by atoms with Gasteiger partial charge in [-0.2, -0.15) is 0 Å². The standard InChI is InChI=1S/C15H18FNO3/c16-12-1-2-14-13(9-12)15(18)11(3-6-20-14)10-17-4-7-19-8-5-17/h1-2,9,11H,3-8,10H2. The van der Waals surface area contributed by atoms with Crippen LogP contribution in [0.4, 0.5) is 4.39 Å². The molecule has 0 amide bonds. The van der Waals surface area contributed by atoms with Crippen molar-refractivity contribution in [3.05, 3.63) is 29.6 Å². The summed E-state index contributed by atoms with van der Waals surface area (Å²) in [4.78, 5) is 14.8. The van der Waals surface area contributed by atoms with E-state index in [1.807, 2.05) is 0 Å². The van der Waals surface area contributed by atoms with Gasteiger partial charge in [-0.3, -0.25) is 9.69 Å². The molecule has 2 heterocycles. The van der Waals surface area contributed by atoms with Crippen LogP contribution in [0.25, 0.3) is 0 Å². The van der Waals surface area contributed by atoms with Crippen LogP contribution in [0, 0.1) is 11.7 Å². The Bertz CT molecular complexity index is 500. The van der Waals surface area contributed by atoms with Crippen molar-refractivity contribution >= 4 is 5.78 Å². The topological polar surface area (TPSA) is 38.8 Å². The normalized spacial score (nSPS) is 23.9. The number of rotatable bonds is 2. The zero-order valence-electron chi connectivity index (χ0n) is 11.3. The van der Waals surface area contributed by atoms with E-state index in [1.54, 1.807) is 6.07 Å². The van der Waals surface area contributed by atoms with E-state index in [2.05, 4.69) is 4.90 Å². The van der Waals surface area contributed by atoms with Gasteiger partial charge in [0.15, 0.2) is 5.78 Å². The Morgan fingerprint density at radius 1 is 1.25 bits per heavy atom. The van der Waals surface area contributed by atoms with Gasteiger partial charge in [0.2, 0.25) is 0 Å². The highest BCUT2D eigenvalue weighted by Gasteiger charge is 2.29. The molecule has 1 fully saturated rings. The lowest BCUT2D eigenvalue weighted by atomic mass is 9.94. The molecule has 4 nitrogen and oxygen atoms in total. The molecule has 0 saturated carbocycles. The first kappa shape index (κ1) is 13.5. The largest absolute Gasteiger partial charge is 0.493 e. The SMILES string of the molecule is O=C1c2cc(F)ccc2OCCC1CN1CCOCC1. The van der Waals surface area contributed by atoms with E-state index >= 15 is 0 Å². The van der Waals surface area contributed by atoms with Gasteiger partial charge in [-0.25, -0.2) is 4.39 Å². The smallest absolute Gasteiger partial charge is 0.171 e. The van der Waals surface area contributed by atoms with E-state index in [1.165, 1.54) is 12.1 Å². The average Bonchev–Trinajstić information content (AvgIpc) is 2.61. The fourth-order valence-corrected chi connectivity index (χ4v) is 2.75. The summed E-state index contributed by atoms with van der Waals surface area (Å²) in [5, 5.41) is 0. The van der Waals surface area contributed by atoms with E-state index in [4.69, 9.17) is 9.47 Å². The number of carbonyl (C=O) groups is 1. The van der Waals surface area contributed by atoms with Gasteiger partial charge >= 0.3 is 0 Å². The van der Waals surface area contributed by atoms with Crippen LogP contribution in [0.1, 0.15) is 16.8 Å². The molecular formula is C15H18FNO3. The number of halogens is 1. The molecule has 1 saturated heterocycles. The van der Waals surface area contributed by atoms with E-state index in [-0.39, 0.29) is 11.7 Å². The maximum absolute atomic E-state index is 13.4. The summed E-state index contributed by atoms with van der Waals surface area (Å²) in [6.45, 7) is 4.31. The Morgan fingerprint density at radius 2 is 2.05 bits per heavy atom. The first-order chi connectivity index (χ1) is 9.74. The summed E-state index contributed by atoms with van der Waals surface area (Å²) in [5.41, 5.74) is 0.376. The fraction of sp³-hybridized carbons (Fsp3) is 0.533. The lowest BCUT2D eigenvalue weighted by Gasteiger charge is -2.29. The summed E-state index contributed by atoms with van der Waals surface area (Å²) < 4.78 is 24.2. The molecule has 2 aliphatic rings. The molecule has 3 rings (SSSR count). The molecule has 0 bridgehead atoms. The van der Waals surface area contributed by atoms with Crippen LogP contribution in [0.5, 0.6) is 5.75 Å². The highest BCUT2D eigenvalue weighted by atomic mass is 19.1. The minimum Gasteiger partial charge on any atom is -0.493 e. The Balaban J connectivity index is 1.77. The lowest BCUT2D eigenvalue weighted by Crippen LogP contribution is -2.41. The minimum absolute atomic E-state index is 0.0107. The zero-order chi connectivity index (χ0) is 13.9. The Labute approximate surface area is 117 Å². The molecule has 1 aromatic carbocycles. The van der Waals surface area contributed by atoms with Crippen molar-refractivity contribution in [2.45, 2.75) is 6.42 Å². The maximum Gasteiger partial charge on any atom is 0.171 e. The maximum atomic E-state index is 13.4. The third kappa shape index (κ3) is 2.83. The Morgan fingerprint density at radius 3 is 2.85 bits per heavy atom. The van der Waals surface area contributed by atoms with Crippen molar-refractivity contribution in [1.29, 1.82) is 0 Å². The van der Waals surface area contributed by atoms with Gasteiger partial charge in [0.1, 0.15) is 11.6 Å². The molecule has 0 radical (unpaired) electrons. The van der Waals surface area contributed by atoms with Crippen LogP contribution in [0.15, 0.2) is 18.2 Å². The van der Waals surface area contributed by atoms with Gasteiger partial charge in [-0.15, -0.1) is 0 Å². The molecule has 108 valence electrons. The van der Waals surface area contributed by atoms with E-state index < -0.39 is 5.82 Å². The minimum atomic E-state index is -0.396. The number of carbonyl (C=O) groups excluding carboxylic acids is 1. The Kier molecular flexibility index (Phi) is 3.98. The number of Topliss-reactive ketones (excluding diaryl/α,β-unsaturated/α-hetero) is 1. The number of nitrogens with zero attached hydrogens (tertiary/aromatic N) is 1. The highest BCUT2D eigenvalue weighted by Crippen LogP contribution is 2.28. The van der Waals surface area contributed by atoms with Crippen molar-refractivity contribution in [1.82, 2.24) is 4.90 Å². The zero-order valence-corrected chi connectivity index (χ0v) is 11.3. The average molecular weight is 279 g/mol. The molecule has 0 N–H and O–H groups in total. The van der Waals surface area contributed by atoms with Crippen LogP contribution in [-0.4, -0.2) is 50.1 Å². The van der Waals surface area contributed by atoms with Crippen molar-refractivity contribution in [2.75, 3.05) is 39.5 Å². The molecule has 1 aromatic rings. The molecular weight excluding hydrogens is 261 g/mol. The number of ketones is 1. The van der Waals surface area contributed by atoms with Crippen LogP contribution in [-0.2, 0) is 4.74 Å². The predicted octanol–water partition coefficient (Wildman–Crippen LogP) is 1.74. The van der Waals surface area contributed by atoms with Gasteiger partial charge in [-0.1, -0.05) is 0 Å². The molecule has 1 unspecified atom stereocenters. The van der Waals surface area contributed by atoms with E-state index in [0.717, 1.165) is 13.1 Å². The second kappa shape index (κ2) is 5.89. The predicted molar refractivity (Wildman–Crippen MR) is 71.6 cm³/mol. The second-order valence-electron chi connectivity index (χ2n) is 5.25. The molecule has 1 atom stereocenters. The van der Waals surface area contributed by atoms with Crippen LogP contribution in [0.3, 0.4) is 0 Å². The summed E-state index contributed by atoms with van der Waals surface area (Å²) in [7, 11) is 0. The first-order valence-electron chi connectivity index (χ1n) is 7.01. The quantitative estimate of drug-likeness (QED) is 0.826. The van der Waals surface area contributed by atoms with Gasteiger partial charge < -0.3 is 9.47 Å². The number of fused-ring (bicyclic) bond motifs is 1. The molecule has 20 heavy (non-hydrogen) atoms. The van der Waals surface area contributed by atoms with Crippen molar-refractivity contribution in [3.8, 4) is 5.75 Å². The molecule has 5 heteroatoms. The number of hydrogen-bond acceptors (Lipinski definition) is 4. The fourth-order valence-electron chi connectivity index (χ4n) is 2.75. The molecule has 0 spiro atoms. The summed E-state index contributed by atoms with van der Waals surface area (Å²) in [5.74, 6) is -0.0340. The Hall–Kier alpha value is -1.46. The van der Waals surface area contributed by atoms with Crippen LogP contribution in [0.2, 0.25) is 0 Å². The third-order valence-corrected chi connectivity index (χ3v) is 3.88. The van der Waals surface area contributed by atoms with Gasteiger partial charge in [-0.05, 0) is 24.6 Å². The number of hydrogen-bond donors (Lipinski definition) is 0. The monoisotopic (exact) mass is 279 g/mol.